The molecule has 3 aromatic rings. The van der Waals surface area contributed by atoms with E-state index in [0.29, 0.717) is 17.1 Å². The Hall–Kier alpha value is -3.63. The zero-order valence-electron chi connectivity index (χ0n) is 17.9. The van der Waals surface area contributed by atoms with Gasteiger partial charge in [-0.25, -0.2) is 0 Å². The lowest BCUT2D eigenvalue weighted by molar-refractivity contribution is -0.137. The normalized spacial score (nSPS) is 14.9. The van der Waals surface area contributed by atoms with Gasteiger partial charge in [0.25, 0.3) is 5.91 Å². The van der Waals surface area contributed by atoms with Gasteiger partial charge >= 0.3 is 6.18 Å². The van der Waals surface area contributed by atoms with Gasteiger partial charge in [-0.1, -0.05) is 66.4 Å². The molecule has 1 heterocycles. The summed E-state index contributed by atoms with van der Waals surface area (Å²) in [5.41, 5.74) is -0.681. The number of halogens is 3. The van der Waals surface area contributed by atoms with Crippen molar-refractivity contribution in [3.63, 3.8) is 0 Å². The van der Waals surface area contributed by atoms with Crippen LogP contribution in [0.15, 0.2) is 83.8 Å². The summed E-state index contributed by atoms with van der Waals surface area (Å²) in [6, 6.07) is 20.9. The fraction of sp³-hybridized carbons (Fsp3) is 0.0800. The average molecular weight is 515 g/mol. The first kappa shape index (κ1) is 24.5. The van der Waals surface area contributed by atoms with E-state index in [0.717, 1.165) is 28.8 Å². The first-order valence-electron chi connectivity index (χ1n) is 10.2. The van der Waals surface area contributed by atoms with Crippen molar-refractivity contribution in [2.45, 2.75) is 6.18 Å². The maximum absolute atomic E-state index is 13.2. The molecule has 2 amide bonds. The topological polar surface area (TPSA) is 58.6 Å². The van der Waals surface area contributed by atoms with Crippen molar-refractivity contribution in [3.8, 4) is 11.5 Å². The molecule has 0 atom stereocenters. The second-order valence-electron chi connectivity index (χ2n) is 7.35. The van der Waals surface area contributed by atoms with E-state index in [9.17, 15) is 22.8 Å². The van der Waals surface area contributed by atoms with E-state index in [4.69, 9.17) is 17.0 Å². The third kappa shape index (κ3) is 6.09. The van der Waals surface area contributed by atoms with Gasteiger partial charge in [-0.3, -0.25) is 14.5 Å². The first-order valence-corrected chi connectivity index (χ1v) is 11.5. The maximum atomic E-state index is 13.2. The molecule has 3 aromatic carbocycles. The van der Waals surface area contributed by atoms with Crippen LogP contribution in [0.1, 0.15) is 11.1 Å². The number of thiocarbonyl (C=S) groups is 1. The predicted molar refractivity (Wildman–Crippen MR) is 133 cm³/mol. The number of anilines is 1. The number of hydrogen-bond acceptors (Lipinski definition) is 5. The van der Waals surface area contributed by atoms with Gasteiger partial charge in [0, 0.05) is 0 Å². The zero-order valence-corrected chi connectivity index (χ0v) is 19.5. The Balaban J connectivity index is 1.45. The number of alkyl halides is 3. The number of nitrogens with zero attached hydrogens (tertiary/aromatic N) is 1. The molecule has 1 saturated heterocycles. The Bertz CT molecular complexity index is 1310. The summed E-state index contributed by atoms with van der Waals surface area (Å²) in [7, 11) is 0. The molecule has 1 aliphatic rings. The van der Waals surface area contributed by atoms with E-state index in [2.05, 4.69) is 5.32 Å². The summed E-state index contributed by atoms with van der Waals surface area (Å²) in [5, 5.41) is 2.22. The van der Waals surface area contributed by atoms with Crippen LogP contribution in [-0.4, -0.2) is 27.6 Å². The van der Waals surface area contributed by atoms with Crippen molar-refractivity contribution in [2.75, 3.05) is 11.9 Å². The van der Waals surface area contributed by atoms with Crippen LogP contribution in [-0.2, 0) is 15.8 Å². The molecule has 0 aliphatic carbocycles. The molecular weight excluding hydrogens is 497 g/mol. The van der Waals surface area contributed by atoms with E-state index < -0.39 is 30.1 Å². The standard InChI is InChI=1S/C25H17F3N2O3S2/c26-25(27,28)19-11-4-5-12-20(19)29-22(31)15-30-23(32)21(35-24(30)34)14-16-7-6-10-18(13-16)33-17-8-2-1-3-9-17/h1-14H,15H2,(H,29,31)/b21-14-. The lowest BCUT2D eigenvalue weighted by atomic mass is 10.1. The molecule has 0 unspecified atom stereocenters. The van der Waals surface area contributed by atoms with Gasteiger partial charge < -0.3 is 10.1 Å². The number of hydrogen-bond donors (Lipinski definition) is 1. The molecule has 0 aromatic heterocycles. The van der Waals surface area contributed by atoms with Crippen molar-refractivity contribution in [2.24, 2.45) is 0 Å². The summed E-state index contributed by atoms with van der Waals surface area (Å²) >= 11 is 6.24. The first-order chi connectivity index (χ1) is 16.7. The minimum Gasteiger partial charge on any atom is -0.457 e. The van der Waals surface area contributed by atoms with E-state index >= 15 is 0 Å². The molecule has 35 heavy (non-hydrogen) atoms. The van der Waals surface area contributed by atoms with Crippen molar-refractivity contribution >= 4 is 51.9 Å². The molecule has 0 spiro atoms. The number of ether oxygens (including phenoxy) is 1. The summed E-state index contributed by atoms with van der Waals surface area (Å²) in [6.45, 7) is -0.509. The molecule has 5 nitrogen and oxygen atoms in total. The minimum absolute atomic E-state index is 0.136. The quantitative estimate of drug-likeness (QED) is 0.307. The molecule has 4 rings (SSSR count). The van der Waals surface area contributed by atoms with Crippen LogP contribution < -0.4 is 10.1 Å². The third-order valence-corrected chi connectivity index (χ3v) is 6.19. The summed E-state index contributed by atoms with van der Waals surface area (Å²) in [4.78, 5) is 26.7. The molecule has 0 bridgehead atoms. The summed E-state index contributed by atoms with van der Waals surface area (Å²) in [6.07, 6.45) is -3.01. The summed E-state index contributed by atoms with van der Waals surface area (Å²) < 4.78 is 45.5. The summed E-state index contributed by atoms with van der Waals surface area (Å²) in [5.74, 6) is -0.0663. The number of amides is 2. The maximum Gasteiger partial charge on any atom is 0.418 e. The number of nitrogens with one attached hydrogen (secondary N) is 1. The monoisotopic (exact) mass is 514 g/mol. The fourth-order valence-electron chi connectivity index (χ4n) is 3.25. The van der Waals surface area contributed by atoms with Crippen molar-refractivity contribution < 1.29 is 27.5 Å². The van der Waals surface area contributed by atoms with Gasteiger partial charge in [-0.05, 0) is 48.0 Å². The number of rotatable bonds is 6. The van der Waals surface area contributed by atoms with Crippen LogP contribution in [0, 0.1) is 0 Å². The highest BCUT2D eigenvalue weighted by Gasteiger charge is 2.35. The second-order valence-corrected chi connectivity index (χ2v) is 9.02. The SMILES string of the molecule is O=C(CN1C(=O)/C(=C/c2cccc(Oc3ccccc3)c2)SC1=S)Nc1ccccc1C(F)(F)F. The zero-order chi connectivity index (χ0) is 25.0. The number of para-hydroxylation sites is 2. The van der Waals surface area contributed by atoms with Gasteiger partial charge in [-0.15, -0.1) is 0 Å². The molecular formula is C25H17F3N2O3S2. The Morgan fingerprint density at radius 1 is 1.00 bits per heavy atom. The highest BCUT2D eigenvalue weighted by Crippen LogP contribution is 2.35. The van der Waals surface area contributed by atoms with Crippen LogP contribution >= 0.6 is 24.0 Å². The van der Waals surface area contributed by atoms with Gasteiger partial charge in [-0.2, -0.15) is 13.2 Å². The Morgan fingerprint density at radius 2 is 1.69 bits per heavy atom. The van der Waals surface area contributed by atoms with Crippen LogP contribution in [0.4, 0.5) is 18.9 Å². The van der Waals surface area contributed by atoms with Gasteiger partial charge in [0.15, 0.2) is 0 Å². The number of thioether (sulfide) groups is 1. The average Bonchev–Trinajstić information content (AvgIpc) is 3.07. The number of carbonyl (C=O) groups is 2. The van der Waals surface area contributed by atoms with E-state index in [1.807, 2.05) is 30.3 Å². The Morgan fingerprint density at radius 3 is 2.43 bits per heavy atom. The van der Waals surface area contributed by atoms with Gasteiger partial charge in [0.05, 0.1) is 16.2 Å². The Kier molecular flexibility index (Phi) is 7.23. The molecule has 0 saturated carbocycles. The molecule has 1 aliphatic heterocycles. The van der Waals surface area contributed by atoms with Crippen LogP contribution in [0.5, 0.6) is 11.5 Å². The lowest BCUT2D eigenvalue weighted by Crippen LogP contribution is -2.36. The number of benzene rings is 3. The van der Waals surface area contributed by atoms with Gasteiger partial charge in [0.1, 0.15) is 22.4 Å². The molecule has 10 heteroatoms. The lowest BCUT2D eigenvalue weighted by Gasteiger charge is -2.16. The smallest absolute Gasteiger partial charge is 0.418 e. The fourth-order valence-corrected chi connectivity index (χ4v) is 4.51. The molecule has 1 N–H and O–H groups in total. The highest BCUT2D eigenvalue weighted by molar-refractivity contribution is 8.26. The van der Waals surface area contributed by atoms with Crippen molar-refractivity contribution in [1.82, 2.24) is 4.90 Å². The van der Waals surface area contributed by atoms with E-state index in [1.165, 1.54) is 12.1 Å². The van der Waals surface area contributed by atoms with Crippen molar-refractivity contribution in [1.29, 1.82) is 0 Å². The minimum atomic E-state index is -4.63. The largest absolute Gasteiger partial charge is 0.457 e. The van der Waals surface area contributed by atoms with E-state index in [-0.39, 0.29) is 14.9 Å². The van der Waals surface area contributed by atoms with Crippen molar-refractivity contribution in [3.05, 3.63) is 94.9 Å². The number of carbonyl (C=O) groups excluding carboxylic acids is 2. The molecule has 178 valence electrons. The van der Waals surface area contributed by atoms with Crippen LogP contribution in [0.25, 0.3) is 6.08 Å². The highest BCUT2D eigenvalue weighted by atomic mass is 32.2. The van der Waals surface area contributed by atoms with E-state index in [1.54, 1.807) is 30.3 Å². The molecule has 1 fully saturated rings. The van der Waals surface area contributed by atoms with Gasteiger partial charge in [0.2, 0.25) is 5.91 Å². The molecule has 0 radical (unpaired) electrons. The third-order valence-electron chi connectivity index (χ3n) is 4.82. The van der Waals surface area contributed by atoms with Crippen LogP contribution in [0.3, 0.4) is 0 Å². The Labute approximate surface area is 208 Å². The predicted octanol–water partition coefficient (Wildman–Crippen LogP) is 6.34. The van der Waals surface area contributed by atoms with Crippen LogP contribution in [0.2, 0.25) is 0 Å². The second kappa shape index (κ2) is 10.3.